The summed E-state index contributed by atoms with van der Waals surface area (Å²) in [5, 5.41) is 6.96. The summed E-state index contributed by atoms with van der Waals surface area (Å²) < 4.78 is 1.70. The van der Waals surface area contributed by atoms with Gasteiger partial charge in [-0.1, -0.05) is 13.8 Å². The summed E-state index contributed by atoms with van der Waals surface area (Å²) >= 11 is 0. The van der Waals surface area contributed by atoms with Gasteiger partial charge in [-0.2, -0.15) is 5.10 Å². The molecule has 128 valence electrons. The predicted octanol–water partition coefficient (Wildman–Crippen LogP) is 1.80. The number of nitrogens with zero attached hydrogens (tertiary/aromatic N) is 4. The van der Waals surface area contributed by atoms with Gasteiger partial charge in [-0.3, -0.25) is 9.59 Å². The highest BCUT2D eigenvalue weighted by atomic mass is 16.2. The van der Waals surface area contributed by atoms with Crippen LogP contribution in [0, 0.1) is 5.92 Å². The Kier molecular flexibility index (Phi) is 4.51. The third-order valence-corrected chi connectivity index (χ3v) is 4.52. The van der Waals surface area contributed by atoms with Crippen LogP contribution in [0.25, 0.3) is 5.65 Å². The van der Waals surface area contributed by atoms with Crippen LogP contribution in [0.15, 0.2) is 18.5 Å². The van der Waals surface area contributed by atoms with Crippen LogP contribution in [0.2, 0.25) is 0 Å². The standard InChI is InChI=1S/C17H23N5O2/c1-11(2)17(24)21-9-5-4-6-13(21)14-7-8-19-15-12(16(23)18-3)10-20-22(14)15/h7-8,10-11,13H,4-6,9H2,1-3H3,(H,18,23). The van der Waals surface area contributed by atoms with Crippen molar-refractivity contribution in [2.75, 3.05) is 13.6 Å². The van der Waals surface area contributed by atoms with Gasteiger partial charge in [0.05, 0.1) is 17.9 Å². The Morgan fingerprint density at radius 2 is 2.12 bits per heavy atom. The third-order valence-electron chi connectivity index (χ3n) is 4.52. The maximum atomic E-state index is 12.6. The van der Waals surface area contributed by atoms with E-state index in [1.54, 1.807) is 17.8 Å². The predicted molar refractivity (Wildman–Crippen MR) is 89.5 cm³/mol. The highest BCUT2D eigenvalue weighted by Gasteiger charge is 2.31. The first-order chi connectivity index (χ1) is 11.5. The molecule has 2 aromatic heterocycles. The zero-order valence-corrected chi connectivity index (χ0v) is 14.3. The van der Waals surface area contributed by atoms with Crippen molar-refractivity contribution in [1.82, 2.24) is 24.8 Å². The summed E-state index contributed by atoms with van der Waals surface area (Å²) in [7, 11) is 1.58. The molecule has 0 bridgehead atoms. The van der Waals surface area contributed by atoms with E-state index in [9.17, 15) is 9.59 Å². The summed E-state index contributed by atoms with van der Waals surface area (Å²) in [6.07, 6.45) is 6.20. The molecule has 1 fully saturated rings. The van der Waals surface area contributed by atoms with Gasteiger partial charge in [0.15, 0.2) is 5.65 Å². The summed E-state index contributed by atoms with van der Waals surface area (Å²) in [6.45, 7) is 4.61. The van der Waals surface area contributed by atoms with Crippen molar-refractivity contribution >= 4 is 17.5 Å². The number of carbonyl (C=O) groups excluding carboxylic acids is 2. The third kappa shape index (κ3) is 2.74. The Balaban J connectivity index is 2.05. The van der Waals surface area contributed by atoms with Crippen LogP contribution in [-0.2, 0) is 4.79 Å². The summed E-state index contributed by atoms with van der Waals surface area (Å²) in [5.74, 6) is -0.0984. The average molecular weight is 329 g/mol. The number of hydrogen-bond donors (Lipinski definition) is 1. The fraction of sp³-hybridized carbons (Fsp3) is 0.529. The molecule has 1 aliphatic heterocycles. The molecule has 0 radical (unpaired) electrons. The van der Waals surface area contributed by atoms with Crippen LogP contribution in [0.3, 0.4) is 0 Å². The molecule has 3 rings (SSSR count). The van der Waals surface area contributed by atoms with Gasteiger partial charge in [0, 0.05) is 25.7 Å². The number of hydrogen-bond acceptors (Lipinski definition) is 4. The van der Waals surface area contributed by atoms with Gasteiger partial charge in [0.25, 0.3) is 5.91 Å². The Bertz CT molecular complexity index is 767. The van der Waals surface area contributed by atoms with Crippen LogP contribution in [0.5, 0.6) is 0 Å². The maximum Gasteiger partial charge on any atom is 0.256 e. The van der Waals surface area contributed by atoms with Gasteiger partial charge >= 0.3 is 0 Å². The highest BCUT2D eigenvalue weighted by molar-refractivity contribution is 5.99. The number of fused-ring (bicyclic) bond motifs is 1. The van der Waals surface area contributed by atoms with Crippen molar-refractivity contribution in [2.24, 2.45) is 5.92 Å². The maximum absolute atomic E-state index is 12.6. The van der Waals surface area contributed by atoms with E-state index < -0.39 is 0 Å². The molecule has 2 aromatic rings. The zero-order chi connectivity index (χ0) is 17.3. The van der Waals surface area contributed by atoms with Crippen molar-refractivity contribution < 1.29 is 9.59 Å². The topological polar surface area (TPSA) is 79.6 Å². The highest BCUT2D eigenvalue weighted by Crippen LogP contribution is 2.32. The molecular weight excluding hydrogens is 306 g/mol. The molecule has 2 amide bonds. The summed E-state index contributed by atoms with van der Waals surface area (Å²) in [4.78, 5) is 30.8. The summed E-state index contributed by atoms with van der Waals surface area (Å²) in [5.41, 5.74) is 1.87. The molecule has 3 heterocycles. The molecule has 0 spiro atoms. The second-order valence-electron chi connectivity index (χ2n) is 6.44. The van der Waals surface area contributed by atoms with Crippen LogP contribution >= 0.6 is 0 Å². The van der Waals surface area contributed by atoms with Crippen molar-refractivity contribution in [3.8, 4) is 0 Å². The van der Waals surface area contributed by atoms with Gasteiger partial charge in [-0.05, 0) is 25.3 Å². The van der Waals surface area contributed by atoms with Gasteiger partial charge in [-0.15, -0.1) is 0 Å². The fourth-order valence-corrected chi connectivity index (χ4v) is 3.29. The second-order valence-corrected chi connectivity index (χ2v) is 6.44. The number of aromatic nitrogens is 3. The van der Waals surface area contributed by atoms with E-state index in [4.69, 9.17) is 0 Å². The minimum Gasteiger partial charge on any atom is -0.355 e. The molecule has 24 heavy (non-hydrogen) atoms. The van der Waals surface area contributed by atoms with E-state index >= 15 is 0 Å². The first-order valence-corrected chi connectivity index (χ1v) is 8.39. The number of piperidine rings is 1. The largest absolute Gasteiger partial charge is 0.355 e. The lowest BCUT2D eigenvalue weighted by Gasteiger charge is -2.37. The second kappa shape index (κ2) is 6.59. The SMILES string of the molecule is CNC(=O)c1cnn2c(C3CCCCN3C(=O)C(C)C)ccnc12. The van der Waals surface area contributed by atoms with E-state index in [1.807, 2.05) is 24.8 Å². The first kappa shape index (κ1) is 16.4. The average Bonchev–Trinajstić information content (AvgIpc) is 3.04. The van der Waals surface area contributed by atoms with Crippen molar-refractivity contribution in [1.29, 1.82) is 0 Å². The first-order valence-electron chi connectivity index (χ1n) is 8.39. The Morgan fingerprint density at radius 3 is 2.83 bits per heavy atom. The molecule has 1 atom stereocenters. The van der Waals surface area contributed by atoms with E-state index in [0.29, 0.717) is 11.2 Å². The lowest BCUT2D eigenvalue weighted by molar-refractivity contribution is -0.138. The van der Waals surface area contributed by atoms with Gasteiger partial charge in [0.2, 0.25) is 5.91 Å². The molecule has 1 aliphatic rings. The van der Waals surface area contributed by atoms with Gasteiger partial charge in [-0.25, -0.2) is 9.50 Å². The number of nitrogens with one attached hydrogen (secondary N) is 1. The quantitative estimate of drug-likeness (QED) is 0.931. The van der Waals surface area contributed by atoms with Crippen LogP contribution in [0.4, 0.5) is 0 Å². The zero-order valence-electron chi connectivity index (χ0n) is 14.3. The van der Waals surface area contributed by atoms with E-state index in [2.05, 4.69) is 15.4 Å². The molecule has 7 heteroatoms. The molecule has 1 N–H and O–H groups in total. The minimum atomic E-state index is -0.214. The van der Waals surface area contributed by atoms with Crippen molar-refractivity contribution in [3.63, 3.8) is 0 Å². The Labute approximate surface area is 141 Å². The smallest absolute Gasteiger partial charge is 0.256 e. The molecule has 0 aromatic carbocycles. The number of rotatable bonds is 3. The van der Waals surface area contributed by atoms with Gasteiger partial charge < -0.3 is 10.2 Å². The molecule has 7 nitrogen and oxygen atoms in total. The van der Waals surface area contributed by atoms with Gasteiger partial charge in [0.1, 0.15) is 5.56 Å². The molecule has 1 saturated heterocycles. The Morgan fingerprint density at radius 1 is 1.33 bits per heavy atom. The molecule has 0 aliphatic carbocycles. The number of amides is 2. The molecule has 0 saturated carbocycles. The normalized spacial score (nSPS) is 18.2. The lowest BCUT2D eigenvalue weighted by atomic mass is 9.97. The van der Waals surface area contributed by atoms with Crippen molar-refractivity contribution in [3.05, 3.63) is 29.7 Å². The lowest BCUT2D eigenvalue weighted by Crippen LogP contribution is -2.41. The number of carbonyl (C=O) groups is 2. The van der Waals surface area contributed by atoms with E-state index in [0.717, 1.165) is 31.5 Å². The van der Waals surface area contributed by atoms with E-state index in [1.165, 1.54) is 6.20 Å². The van der Waals surface area contributed by atoms with E-state index in [-0.39, 0.29) is 23.8 Å². The van der Waals surface area contributed by atoms with Crippen molar-refractivity contribution in [2.45, 2.75) is 39.2 Å². The van der Waals surface area contributed by atoms with Crippen LogP contribution in [-0.4, -0.2) is 44.9 Å². The minimum absolute atomic E-state index is 0.0309. The number of likely N-dealkylation sites (tertiary alicyclic amines) is 1. The molecular formula is C17H23N5O2. The van der Waals surface area contributed by atoms with Crippen LogP contribution < -0.4 is 5.32 Å². The summed E-state index contributed by atoms with van der Waals surface area (Å²) in [6, 6.07) is 1.86. The van der Waals surface area contributed by atoms with Crippen LogP contribution in [0.1, 0.15) is 55.2 Å². The monoisotopic (exact) mass is 329 g/mol. The fourth-order valence-electron chi connectivity index (χ4n) is 3.29. The molecule has 1 unspecified atom stereocenters. The Hall–Kier alpha value is -2.44.